The van der Waals surface area contributed by atoms with Gasteiger partial charge in [0.05, 0.1) is 16.5 Å². The highest BCUT2D eigenvalue weighted by Gasteiger charge is 2.14. The van der Waals surface area contributed by atoms with Crippen molar-refractivity contribution in [1.82, 2.24) is 0 Å². The Morgan fingerprint density at radius 3 is 2.60 bits per heavy atom. The highest BCUT2D eigenvalue weighted by molar-refractivity contribution is 8.76. The Kier molecular flexibility index (Phi) is 3.98. The molecule has 7 heteroatoms. The highest BCUT2D eigenvalue weighted by atomic mass is 33.1. The van der Waals surface area contributed by atoms with E-state index in [1.807, 2.05) is 6.26 Å². The molecule has 0 saturated heterocycles. The van der Waals surface area contributed by atoms with Crippen LogP contribution in [0.2, 0.25) is 0 Å². The van der Waals surface area contributed by atoms with Crippen molar-refractivity contribution in [2.45, 2.75) is 4.90 Å². The fraction of sp³-hybridized carbons (Fsp3) is 0.125. The Bertz CT molecular complexity index is 408. The van der Waals surface area contributed by atoms with Gasteiger partial charge in [0.2, 0.25) is 0 Å². The minimum atomic E-state index is -1.54. The smallest absolute Gasteiger partial charge is 0.278 e. The van der Waals surface area contributed by atoms with Crippen LogP contribution in [-0.4, -0.2) is 17.1 Å². The maximum atomic E-state index is 10.7. The van der Waals surface area contributed by atoms with E-state index in [1.165, 1.54) is 39.8 Å². The summed E-state index contributed by atoms with van der Waals surface area (Å²) in [5.41, 5.74) is -0.834. The Hall–Kier alpha value is -1.21. The van der Waals surface area contributed by atoms with Gasteiger partial charge in [0.1, 0.15) is 0 Å². The van der Waals surface area contributed by atoms with E-state index >= 15 is 0 Å². The number of carboxylic acid groups (broad SMARTS) is 1. The van der Waals surface area contributed by atoms with E-state index in [2.05, 4.69) is 0 Å². The molecule has 1 aromatic rings. The molecule has 1 aromatic carbocycles. The van der Waals surface area contributed by atoms with Gasteiger partial charge in [-0.3, -0.25) is 10.1 Å². The molecule has 0 aliphatic heterocycles. The molecule has 0 heterocycles. The predicted molar refractivity (Wildman–Crippen MR) is 56.8 cm³/mol. The number of carbonyl (C=O) groups excluding carboxylic acids is 1. The number of carboxylic acids is 1. The van der Waals surface area contributed by atoms with E-state index in [4.69, 9.17) is 0 Å². The van der Waals surface area contributed by atoms with Crippen molar-refractivity contribution in [2.24, 2.45) is 0 Å². The standard InChI is InChI=1S/C8H7NO4S2/c1-14-15-5-2-3-7(9(12)13)6(4-5)8(10)11/h2-4H,1H3,(H,10,11)/p-1. The molecule has 1 rings (SSSR count). The van der Waals surface area contributed by atoms with Crippen LogP contribution in [0.25, 0.3) is 0 Å². The summed E-state index contributed by atoms with van der Waals surface area (Å²) in [4.78, 5) is 21.1. The fourth-order valence-electron chi connectivity index (χ4n) is 0.986. The molecule has 0 fully saturated rings. The van der Waals surface area contributed by atoms with E-state index in [-0.39, 0.29) is 5.56 Å². The van der Waals surface area contributed by atoms with Crippen molar-refractivity contribution in [1.29, 1.82) is 0 Å². The van der Waals surface area contributed by atoms with Crippen LogP contribution in [-0.2, 0) is 0 Å². The van der Waals surface area contributed by atoms with Crippen LogP contribution in [0.15, 0.2) is 23.1 Å². The summed E-state index contributed by atoms with van der Waals surface area (Å²) in [6, 6.07) is 3.92. The molecule has 0 bridgehead atoms. The molecule has 0 N–H and O–H groups in total. The Balaban J connectivity index is 3.21. The largest absolute Gasteiger partial charge is 0.545 e. The first-order valence-corrected chi connectivity index (χ1v) is 6.32. The molecular formula is C8H6NO4S2-. The monoisotopic (exact) mass is 244 g/mol. The van der Waals surface area contributed by atoms with Gasteiger partial charge in [-0.2, -0.15) is 0 Å². The molecule has 0 atom stereocenters. The number of aromatic carboxylic acids is 1. The van der Waals surface area contributed by atoms with Crippen LogP contribution in [0, 0.1) is 10.1 Å². The summed E-state index contributed by atoms with van der Waals surface area (Å²) in [5.74, 6) is -1.54. The second-order valence-electron chi connectivity index (χ2n) is 2.47. The maximum absolute atomic E-state index is 10.7. The van der Waals surface area contributed by atoms with Gasteiger partial charge in [0, 0.05) is 11.0 Å². The quantitative estimate of drug-likeness (QED) is 0.451. The zero-order chi connectivity index (χ0) is 11.4. The lowest BCUT2D eigenvalue weighted by molar-refractivity contribution is -0.385. The van der Waals surface area contributed by atoms with Gasteiger partial charge in [0.15, 0.2) is 0 Å². The minimum Gasteiger partial charge on any atom is -0.545 e. The first kappa shape index (κ1) is 11.9. The molecule has 5 nitrogen and oxygen atoms in total. The fourth-order valence-corrected chi connectivity index (χ4v) is 2.36. The summed E-state index contributed by atoms with van der Waals surface area (Å²) in [6.45, 7) is 0. The van der Waals surface area contributed by atoms with Crippen LogP contribution in [0.5, 0.6) is 0 Å². The van der Waals surface area contributed by atoms with Crippen LogP contribution in [0.4, 0.5) is 5.69 Å². The number of hydrogen-bond donors (Lipinski definition) is 0. The van der Waals surface area contributed by atoms with Crippen molar-refractivity contribution >= 4 is 33.2 Å². The van der Waals surface area contributed by atoms with E-state index in [9.17, 15) is 20.0 Å². The summed E-state index contributed by atoms with van der Waals surface area (Å²) >= 11 is 0. The first-order chi connectivity index (χ1) is 7.06. The number of rotatable bonds is 4. The Morgan fingerprint density at radius 1 is 1.47 bits per heavy atom. The molecule has 15 heavy (non-hydrogen) atoms. The highest BCUT2D eigenvalue weighted by Crippen LogP contribution is 2.31. The van der Waals surface area contributed by atoms with Crippen molar-refractivity contribution in [3.05, 3.63) is 33.9 Å². The average Bonchev–Trinajstić information content (AvgIpc) is 2.17. The molecule has 0 saturated carbocycles. The van der Waals surface area contributed by atoms with Crippen molar-refractivity contribution in [2.75, 3.05) is 6.26 Å². The molecule has 0 aliphatic rings. The van der Waals surface area contributed by atoms with E-state index in [0.717, 1.165) is 0 Å². The number of carbonyl (C=O) groups is 1. The zero-order valence-corrected chi connectivity index (χ0v) is 9.26. The number of nitro groups is 1. The van der Waals surface area contributed by atoms with Gasteiger partial charge in [-0.25, -0.2) is 0 Å². The average molecular weight is 244 g/mol. The van der Waals surface area contributed by atoms with Crippen LogP contribution in [0.3, 0.4) is 0 Å². The maximum Gasteiger partial charge on any atom is 0.278 e. The predicted octanol–water partition coefficient (Wildman–Crippen LogP) is 1.33. The SMILES string of the molecule is CSSc1ccc([N+](=O)[O-])c(C(=O)[O-])c1. The van der Waals surface area contributed by atoms with Gasteiger partial charge in [-0.05, 0) is 18.4 Å². The summed E-state index contributed by atoms with van der Waals surface area (Å²) < 4.78 is 0. The third-order valence-corrected chi connectivity index (χ3v) is 3.25. The zero-order valence-electron chi connectivity index (χ0n) is 7.63. The lowest BCUT2D eigenvalue weighted by Gasteiger charge is -2.05. The van der Waals surface area contributed by atoms with Crippen LogP contribution >= 0.6 is 21.6 Å². The van der Waals surface area contributed by atoms with Gasteiger partial charge in [-0.15, -0.1) is 0 Å². The van der Waals surface area contributed by atoms with Crippen molar-refractivity contribution in [3.8, 4) is 0 Å². The van der Waals surface area contributed by atoms with Gasteiger partial charge >= 0.3 is 0 Å². The second-order valence-corrected chi connectivity index (χ2v) is 4.94. The second kappa shape index (κ2) is 5.04. The van der Waals surface area contributed by atoms with E-state index in [1.54, 1.807) is 0 Å². The van der Waals surface area contributed by atoms with Gasteiger partial charge in [0.25, 0.3) is 5.69 Å². The Labute approximate surface area is 93.4 Å². The lowest BCUT2D eigenvalue weighted by Crippen LogP contribution is -2.23. The molecule has 0 amide bonds. The molecule has 0 aromatic heterocycles. The van der Waals surface area contributed by atoms with Crippen LogP contribution < -0.4 is 5.11 Å². The van der Waals surface area contributed by atoms with Gasteiger partial charge < -0.3 is 9.90 Å². The third kappa shape index (κ3) is 2.87. The summed E-state index contributed by atoms with van der Waals surface area (Å²) in [7, 11) is 2.75. The third-order valence-electron chi connectivity index (χ3n) is 1.56. The molecule has 0 unspecified atom stereocenters. The minimum absolute atomic E-state index is 0.390. The van der Waals surface area contributed by atoms with Crippen molar-refractivity contribution in [3.63, 3.8) is 0 Å². The number of benzene rings is 1. The van der Waals surface area contributed by atoms with E-state index in [0.29, 0.717) is 4.90 Å². The van der Waals surface area contributed by atoms with Crippen molar-refractivity contribution < 1.29 is 14.8 Å². The molecule has 0 radical (unpaired) electrons. The topological polar surface area (TPSA) is 83.3 Å². The molecule has 80 valence electrons. The lowest BCUT2D eigenvalue weighted by atomic mass is 10.2. The van der Waals surface area contributed by atoms with E-state index < -0.39 is 16.6 Å². The number of nitro benzene ring substituents is 1. The number of hydrogen-bond acceptors (Lipinski definition) is 6. The van der Waals surface area contributed by atoms with Gasteiger partial charge in [-0.1, -0.05) is 21.6 Å². The molecule has 0 aliphatic carbocycles. The Morgan fingerprint density at radius 2 is 2.13 bits per heavy atom. The van der Waals surface area contributed by atoms with Crippen LogP contribution in [0.1, 0.15) is 10.4 Å². The molecular weight excluding hydrogens is 238 g/mol. The number of nitrogens with zero attached hydrogens (tertiary/aromatic N) is 1. The molecule has 0 spiro atoms. The summed E-state index contributed by atoms with van der Waals surface area (Å²) in [5, 5.41) is 21.1. The normalized spacial score (nSPS) is 9.93. The summed E-state index contributed by atoms with van der Waals surface area (Å²) in [6.07, 6.45) is 1.82. The first-order valence-electron chi connectivity index (χ1n) is 3.76.